The van der Waals surface area contributed by atoms with E-state index in [1.165, 1.54) is 11.3 Å². The highest BCUT2D eigenvalue weighted by Gasteiger charge is 2.23. The number of rotatable bonds is 6. The van der Waals surface area contributed by atoms with E-state index in [0.717, 1.165) is 24.5 Å². The van der Waals surface area contributed by atoms with E-state index >= 15 is 0 Å². The highest BCUT2D eigenvalue weighted by atomic mass is 32.1. The Hall–Kier alpha value is -3.63. The lowest BCUT2D eigenvalue weighted by Gasteiger charge is -2.36. The summed E-state index contributed by atoms with van der Waals surface area (Å²) in [7, 11) is 3.13. The van der Waals surface area contributed by atoms with Gasteiger partial charge < -0.3 is 24.6 Å². The van der Waals surface area contributed by atoms with E-state index in [1.54, 1.807) is 38.5 Å². The fourth-order valence-electron chi connectivity index (χ4n) is 3.77. The summed E-state index contributed by atoms with van der Waals surface area (Å²) < 4.78 is 10.6. The first kappa shape index (κ1) is 24.5. The molecule has 0 saturated carbocycles. The van der Waals surface area contributed by atoms with E-state index in [1.807, 2.05) is 40.6 Å². The summed E-state index contributed by atoms with van der Waals surface area (Å²) in [5, 5.41) is 7.81. The zero-order valence-corrected chi connectivity index (χ0v) is 21.1. The summed E-state index contributed by atoms with van der Waals surface area (Å²) in [5.41, 5.74) is 2.39. The Bertz CT molecular complexity index is 1170. The number of thiophene rings is 1. The number of nitrogens with one attached hydrogen (secondary N) is 2. The van der Waals surface area contributed by atoms with Crippen molar-refractivity contribution < 1.29 is 19.1 Å². The van der Waals surface area contributed by atoms with Crippen molar-refractivity contribution in [2.45, 2.75) is 0 Å². The number of hydrogen-bond donors (Lipinski definition) is 2. The van der Waals surface area contributed by atoms with Crippen LogP contribution in [0.25, 0.3) is 0 Å². The maximum atomic E-state index is 13.0. The van der Waals surface area contributed by atoms with Crippen molar-refractivity contribution in [3.8, 4) is 11.5 Å². The molecule has 10 heteroatoms. The van der Waals surface area contributed by atoms with Crippen LogP contribution in [-0.2, 0) is 0 Å². The number of nitrogens with zero attached hydrogens (tertiary/aromatic N) is 2. The smallest absolute Gasteiger partial charge is 0.267 e. The number of carbonyl (C=O) groups excluding carboxylic acids is 2. The van der Waals surface area contributed by atoms with Crippen molar-refractivity contribution in [1.29, 1.82) is 0 Å². The molecular formula is C25H26N4O4S2. The van der Waals surface area contributed by atoms with Gasteiger partial charge in [0.1, 0.15) is 11.5 Å². The lowest BCUT2D eigenvalue weighted by molar-refractivity contribution is 0.0745. The quantitative estimate of drug-likeness (QED) is 0.488. The normalized spacial score (nSPS) is 13.2. The largest absolute Gasteiger partial charge is 0.497 e. The van der Waals surface area contributed by atoms with Gasteiger partial charge in [-0.2, -0.15) is 0 Å². The molecule has 2 heterocycles. The molecule has 8 nitrogen and oxygen atoms in total. The Morgan fingerprint density at radius 1 is 0.943 bits per heavy atom. The predicted molar refractivity (Wildman–Crippen MR) is 142 cm³/mol. The molecule has 0 bridgehead atoms. The van der Waals surface area contributed by atoms with Crippen LogP contribution >= 0.6 is 23.6 Å². The molecule has 1 saturated heterocycles. The van der Waals surface area contributed by atoms with E-state index in [2.05, 4.69) is 15.5 Å². The summed E-state index contributed by atoms with van der Waals surface area (Å²) in [6.45, 7) is 2.65. The zero-order valence-electron chi connectivity index (χ0n) is 19.4. The maximum absolute atomic E-state index is 13.0. The highest BCUT2D eigenvalue weighted by molar-refractivity contribution is 7.80. The van der Waals surface area contributed by atoms with Crippen molar-refractivity contribution in [3.63, 3.8) is 0 Å². The fraction of sp³-hybridized carbons (Fsp3) is 0.240. The lowest BCUT2D eigenvalue weighted by Crippen LogP contribution is -2.48. The van der Waals surface area contributed by atoms with Gasteiger partial charge in [-0.3, -0.25) is 14.9 Å². The van der Waals surface area contributed by atoms with E-state index in [0.29, 0.717) is 35.0 Å². The first-order valence-electron chi connectivity index (χ1n) is 11.0. The van der Waals surface area contributed by atoms with Gasteiger partial charge in [0.15, 0.2) is 5.11 Å². The molecule has 1 aromatic heterocycles. The molecule has 2 amide bonds. The molecular weight excluding hydrogens is 484 g/mol. The van der Waals surface area contributed by atoms with Crippen molar-refractivity contribution in [2.75, 3.05) is 50.6 Å². The van der Waals surface area contributed by atoms with E-state index in [9.17, 15) is 9.59 Å². The number of anilines is 2. The topological polar surface area (TPSA) is 83.1 Å². The maximum Gasteiger partial charge on any atom is 0.267 e. The van der Waals surface area contributed by atoms with Crippen molar-refractivity contribution in [2.24, 2.45) is 0 Å². The Morgan fingerprint density at radius 3 is 2.17 bits per heavy atom. The van der Waals surface area contributed by atoms with Crippen LogP contribution in [0.1, 0.15) is 20.0 Å². The van der Waals surface area contributed by atoms with Crippen LogP contribution in [0.3, 0.4) is 0 Å². The molecule has 4 rings (SSSR count). The highest BCUT2D eigenvalue weighted by Crippen LogP contribution is 2.25. The molecule has 35 heavy (non-hydrogen) atoms. The summed E-state index contributed by atoms with van der Waals surface area (Å²) >= 11 is 6.61. The van der Waals surface area contributed by atoms with Crippen LogP contribution in [0.4, 0.5) is 11.4 Å². The zero-order chi connectivity index (χ0) is 24.8. The van der Waals surface area contributed by atoms with Crippen LogP contribution in [0, 0.1) is 0 Å². The van der Waals surface area contributed by atoms with Crippen LogP contribution in [-0.4, -0.2) is 62.2 Å². The number of amides is 2. The average Bonchev–Trinajstić information content (AvgIpc) is 3.44. The Morgan fingerprint density at radius 2 is 1.60 bits per heavy atom. The molecule has 1 fully saturated rings. The van der Waals surface area contributed by atoms with Crippen molar-refractivity contribution >= 4 is 51.9 Å². The molecule has 0 radical (unpaired) electrons. The molecule has 3 aromatic rings. The van der Waals surface area contributed by atoms with Crippen molar-refractivity contribution in [1.82, 2.24) is 10.2 Å². The number of ether oxygens (including phenoxy) is 2. The standard InChI is InChI=1S/C25H26N4O4S2/c1-32-20-14-17(15-21(16-20)33-2)24(31)29-11-9-28(10-12-29)19-7-5-18(6-8-19)26-25(34)27-23(30)22-4-3-13-35-22/h3-8,13-16H,9-12H2,1-2H3,(H2,26,27,30,34). The first-order valence-corrected chi connectivity index (χ1v) is 12.3. The monoisotopic (exact) mass is 510 g/mol. The SMILES string of the molecule is COc1cc(OC)cc(C(=O)N2CCN(c3ccc(NC(=S)NC(=O)c4cccs4)cc3)CC2)c1. The minimum Gasteiger partial charge on any atom is -0.497 e. The second kappa shape index (κ2) is 11.2. The third-order valence-corrected chi connectivity index (χ3v) is 6.70. The van der Waals surface area contributed by atoms with Gasteiger partial charge in [-0.15, -0.1) is 11.3 Å². The third kappa shape index (κ3) is 6.09. The van der Waals surface area contributed by atoms with Gasteiger partial charge in [0, 0.05) is 49.2 Å². The van der Waals surface area contributed by atoms with Crippen LogP contribution < -0.4 is 25.0 Å². The lowest BCUT2D eigenvalue weighted by atomic mass is 10.1. The second-order valence-corrected chi connectivity index (χ2v) is 9.17. The van der Waals surface area contributed by atoms with E-state index in [-0.39, 0.29) is 16.9 Å². The Kier molecular flexibility index (Phi) is 7.84. The Balaban J connectivity index is 1.30. The van der Waals surface area contributed by atoms with Gasteiger partial charge in [0.25, 0.3) is 11.8 Å². The summed E-state index contributed by atoms with van der Waals surface area (Å²) in [6.07, 6.45) is 0. The number of methoxy groups -OCH3 is 2. The summed E-state index contributed by atoms with van der Waals surface area (Å²) in [5.74, 6) is 0.907. The number of hydrogen-bond acceptors (Lipinski definition) is 7. The van der Waals surface area contributed by atoms with Gasteiger partial charge in [0.2, 0.25) is 0 Å². The molecule has 0 unspecified atom stereocenters. The molecule has 0 aliphatic carbocycles. The molecule has 182 valence electrons. The van der Waals surface area contributed by atoms with Crippen LogP contribution in [0.5, 0.6) is 11.5 Å². The van der Waals surface area contributed by atoms with Gasteiger partial charge in [-0.05, 0) is 60.1 Å². The number of thiocarbonyl (C=S) groups is 1. The van der Waals surface area contributed by atoms with Gasteiger partial charge >= 0.3 is 0 Å². The fourth-order valence-corrected chi connectivity index (χ4v) is 4.60. The summed E-state index contributed by atoms with van der Waals surface area (Å²) in [6, 6.07) is 16.6. The van der Waals surface area contributed by atoms with Gasteiger partial charge in [0.05, 0.1) is 19.1 Å². The molecule has 0 spiro atoms. The molecule has 0 atom stereocenters. The minimum absolute atomic E-state index is 0.0421. The van der Waals surface area contributed by atoms with Crippen LogP contribution in [0.15, 0.2) is 60.0 Å². The number of piperazine rings is 1. The molecule has 1 aliphatic rings. The first-order chi connectivity index (χ1) is 17.0. The van der Waals surface area contributed by atoms with Crippen molar-refractivity contribution in [3.05, 3.63) is 70.4 Å². The summed E-state index contributed by atoms with van der Waals surface area (Å²) in [4.78, 5) is 29.8. The minimum atomic E-state index is -0.228. The van der Waals surface area contributed by atoms with Gasteiger partial charge in [-0.1, -0.05) is 6.07 Å². The number of benzene rings is 2. The number of carbonyl (C=O) groups is 2. The second-order valence-electron chi connectivity index (χ2n) is 7.81. The third-order valence-electron chi connectivity index (χ3n) is 5.63. The molecule has 2 N–H and O–H groups in total. The Labute approximate surface area is 213 Å². The molecule has 2 aromatic carbocycles. The molecule has 1 aliphatic heterocycles. The van der Waals surface area contributed by atoms with Crippen LogP contribution in [0.2, 0.25) is 0 Å². The van der Waals surface area contributed by atoms with Gasteiger partial charge in [-0.25, -0.2) is 0 Å². The van der Waals surface area contributed by atoms with E-state index < -0.39 is 0 Å². The average molecular weight is 511 g/mol. The predicted octanol–water partition coefficient (Wildman–Crippen LogP) is 3.85. The van der Waals surface area contributed by atoms with E-state index in [4.69, 9.17) is 21.7 Å².